The molecule has 0 atom stereocenters. The van der Waals surface area contributed by atoms with Crippen molar-refractivity contribution in [1.29, 1.82) is 0 Å². The highest BCUT2D eigenvalue weighted by Crippen LogP contribution is 2.44. The lowest BCUT2D eigenvalue weighted by Crippen LogP contribution is -2.08. The van der Waals surface area contributed by atoms with Crippen LogP contribution in [0.25, 0.3) is 21.5 Å². The van der Waals surface area contributed by atoms with Gasteiger partial charge < -0.3 is 19.9 Å². The van der Waals surface area contributed by atoms with Crippen molar-refractivity contribution in [2.75, 3.05) is 19.6 Å². The van der Waals surface area contributed by atoms with Gasteiger partial charge in [0, 0.05) is 16.5 Å². The van der Waals surface area contributed by atoms with E-state index in [0.29, 0.717) is 22.8 Å². The molecule has 10 heteroatoms. The van der Waals surface area contributed by atoms with Crippen LogP contribution in [-0.2, 0) is 6.18 Å². The Bertz CT molecular complexity index is 1400. The number of carbonyl (C=O) groups excluding carboxylic acids is 1. The molecule has 0 bridgehead atoms. The SMILES string of the molecule is COc1ccc(-c2cc(C(F)(F)F)c3c(N)c(C(=O)c4ccc5c(c4)OCO5)sc3n2)cc1. The number of ketones is 1. The summed E-state index contributed by atoms with van der Waals surface area (Å²) in [6.45, 7) is 0.0327. The zero-order chi connectivity index (χ0) is 23.3. The van der Waals surface area contributed by atoms with E-state index in [0.717, 1.165) is 17.4 Å². The summed E-state index contributed by atoms with van der Waals surface area (Å²) in [5.74, 6) is 0.915. The number of hydrogen-bond donors (Lipinski definition) is 1. The summed E-state index contributed by atoms with van der Waals surface area (Å²) < 4.78 is 57.6. The molecule has 2 aromatic heterocycles. The fraction of sp³-hybridized carbons (Fsp3) is 0.130. The lowest BCUT2D eigenvalue weighted by molar-refractivity contribution is -0.136. The lowest BCUT2D eigenvalue weighted by atomic mass is 10.0. The third-order valence-corrected chi connectivity index (χ3v) is 6.33. The number of nitrogens with two attached hydrogens (primary N) is 1. The van der Waals surface area contributed by atoms with Gasteiger partial charge in [-0.2, -0.15) is 13.2 Å². The zero-order valence-electron chi connectivity index (χ0n) is 17.0. The maximum Gasteiger partial charge on any atom is 0.417 e. The predicted octanol–water partition coefficient (Wildman–Crippen LogP) is 5.53. The zero-order valence-corrected chi connectivity index (χ0v) is 17.8. The molecule has 0 unspecified atom stereocenters. The first-order valence-corrected chi connectivity index (χ1v) is 10.5. The Morgan fingerprint density at radius 2 is 1.82 bits per heavy atom. The summed E-state index contributed by atoms with van der Waals surface area (Å²) in [6, 6.07) is 12.0. The molecule has 0 saturated carbocycles. The van der Waals surface area contributed by atoms with E-state index in [1.54, 1.807) is 30.3 Å². The quantitative estimate of drug-likeness (QED) is 0.393. The van der Waals surface area contributed by atoms with Crippen LogP contribution in [0.2, 0.25) is 0 Å². The normalized spacial score (nSPS) is 12.8. The fourth-order valence-corrected chi connectivity index (χ4v) is 4.67. The molecule has 0 spiro atoms. The number of nitrogens with zero attached hydrogens (tertiary/aromatic N) is 1. The van der Waals surface area contributed by atoms with E-state index in [9.17, 15) is 18.0 Å². The first-order chi connectivity index (χ1) is 15.8. The molecular weight excluding hydrogens is 457 g/mol. The van der Waals surface area contributed by atoms with Crippen LogP contribution in [-0.4, -0.2) is 24.7 Å². The number of carbonyl (C=O) groups is 1. The van der Waals surface area contributed by atoms with Gasteiger partial charge in [0.15, 0.2) is 11.5 Å². The molecule has 5 rings (SSSR count). The second-order valence-corrected chi connectivity index (χ2v) is 8.20. The molecule has 168 valence electrons. The summed E-state index contributed by atoms with van der Waals surface area (Å²) in [6.07, 6.45) is -4.70. The third-order valence-electron chi connectivity index (χ3n) is 5.23. The van der Waals surface area contributed by atoms with E-state index >= 15 is 0 Å². The van der Waals surface area contributed by atoms with Crippen molar-refractivity contribution >= 4 is 33.0 Å². The average Bonchev–Trinajstić information content (AvgIpc) is 3.41. The van der Waals surface area contributed by atoms with Crippen LogP contribution < -0.4 is 19.9 Å². The Morgan fingerprint density at radius 1 is 1.09 bits per heavy atom. The summed E-state index contributed by atoms with van der Waals surface area (Å²) in [5, 5.41) is -0.283. The molecule has 33 heavy (non-hydrogen) atoms. The minimum Gasteiger partial charge on any atom is -0.497 e. The second kappa shape index (κ2) is 7.66. The van der Waals surface area contributed by atoms with Crippen LogP contribution in [0.15, 0.2) is 48.5 Å². The van der Waals surface area contributed by atoms with Crippen LogP contribution in [0.1, 0.15) is 20.8 Å². The van der Waals surface area contributed by atoms with E-state index in [2.05, 4.69) is 4.98 Å². The number of nitrogen functional groups attached to an aromatic ring is 1. The van der Waals surface area contributed by atoms with Crippen LogP contribution in [0.4, 0.5) is 18.9 Å². The maximum absolute atomic E-state index is 14.0. The molecule has 3 heterocycles. The number of rotatable bonds is 4. The Morgan fingerprint density at radius 3 is 2.52 bits per heavy atom. The van der Waals surface area contributed by atoms with Crippen LogP contribution in [0, 0.1) is 0 Å². The maximum atomic E-state index is 14.0. The average molecular weight is 472 g/mol. The standard InChI is InChI=1S/C23H15F3N2O4S/c1-30-13-5-2-11(3-6-13)15-9-14(23(24,25)26)18-19(27)21(33-22(18)28-15)20(29)12-4-7-16-17(8-12)32-10-31-16/h2-9H,10,27H2,1H3. The summed E-state index contributed by atoms with van der Waals surface area (Å²) in [4.78, 5) is 17.5. The van der Waals surface area contributed by atoms with E-state index in [1.807, 2.05) is 0 Å². The second-order valence-electron chi connectivity index (χ2n) is 7.20. The molecule has 2 aromatic carbocycles. The minimum absolute atomic E-state index is 0.0197. The van der Waals surface area contributed by atoms with Crippen molar-refractivity contribution in [2.24, 2.45) is 0 Å². The van der Waals surface area contributed by atoms with Gasteiger partial charge in [-0.3, -0.25) is 4.79 Å². The fourth-order valence-electron chi connectivity index (χ4n) is 3.59. The Kier molecular flexibility index (Phi) is 4.89. The van der Waals surface area contributed by atoms with Crippen LogP contribution in [0.5, 0.6) is 17.2 Å². The predicted molar refractivity (Wildman–Crippen MR) is 117 cm³/mol. The first kappa shape index (κ1) is 21.1. The molecule has 1 aliphatic rings. The number of halogens is 3. The van der Waals surface area contributed by atoms with Gasteiger partial charge >= 0.3 is 6.18 Å². The molecular formula is C23H15F3N2O4S. The molecule has 0 fully saturated rings. The molecule has 4 aromatic rings. The number of fused-ring (bicyclic) bond motifs is 2. The van der Waals surface area contributed by atoms with E-state index in [4.69, 9.17) is 19.9 Å². The Hall–Kier alpha value is -3.79. The highest BCUT2D eigenvalue weighted by molar-refractivity contribution is 7.21. The van der Waals surface area contributed by atoms with Crippen molar-refractivity contribution in [1.82, 2.24) is 4.98 Å². The largest absolute Gasteiger partial charge is 0.497 e. The van der Waals surface area contributed by atoms with Gasteiger partial charge in [-0.1, -0.05) is 0 Å². The summed E-state index contributed by atoms with van der Waals surface area (Å²) >= 11 is 0.824. The van der Waals surface area contributed by atoms with E-state index < -0.39 is 17.5 Å². The van der Waals surface area contributed by atoms with Crippen LogP contribution >= 0.6 is 11.3 Å². The van der Waals surface area contributed by atoms with Crippen LogP contribution in [0.3, 0.4) is 0 Å². The van der Waals surface area contributed by atoms with Gasteiger partial charge in [0.2, 0.25) is 12.6 Å². The minimum atomic E-state index is -4.70. The summed E-state index contributed by atoms with van der Waals surface area (Å²) in [7, 11) is 1.49. The molecule has 2 N–H and O–H groups in total. The highest BCUT2D eigenvalue weighted by Gasteiger charge is 2.36. The number of hydrogen-bond acceptors (Lipinski definition) is 7. The molecule has 0 amide bonds. The van der Waals surface area contributed by atoms with Gasteiger partial charge in [0.05, 0.1) is 24.1 Å². The lowest BCUT2D eigenvalue weighted by Gasteiger charge is -2.11. The highest BCUT2D eigenvalue weighted by atomic mass is 32.1. The van der Waals surface area contributed by atoms with E-state index in [1.165, 1.54) is 19.2 Å². The van der Waals surface area contributed by atoms with E-state index in [-0.39, 0.29) is 38.8 Å². The Labute approximate surface area is 189 Å². The first-order valence-electron chi connectivity index (χ1n) is 9.65. The molecule has 0 radical (unpaired) electrons. The number of alkyl halides is 3. The van der Waals surface area contributed by atoms with Gasteiger partial charge in [0.25, 0.3) is 0 Å². The van der Waals surface area contributed by atoms with Crippen molar-refractivity contribution in [3.05, 3.63) is 64.5 Å². The van der Waals surface area contributed by atoms with Gasteiger partial charge in [0.1, 0.15) is 15.5 Å². The number of benzene rings is 2. The Balaban J connectivity index is 1.66. The number of anilines is 1. The smallest absolute Gasteiger partial charge is 0.417 e. The van der Waals surface area contributed by atoms with Gasteiger partial charge in [-0.15, -0.1) is 11.3 Å². The molecule has 6 nitrogen and oxygen atoms in total. The topological polar surface area (TPSA) is 83.7 Å². The molecule has 0 aliphatic carbocycles. The number of pyridine rings is 1. The number of ether oxygens (including phenoxy) is 3. The third kappa shape index (κ3) is 3.62. The number of thiophene rings is 1. The number of aromatic nitrogens is 1. The molecule has 0 saturated heterocycles. The van der Waals surface area contributed by atoms with Crippen molar-refractivity contribution in [3.8, 4) is 28.5 Å². The van der Waals surface area contributed by atoms with Crippen molar-refractivity contribution in [2.45, 2.75) is 6.18 Å². The van der Waals surface area contributed by atoms with Gasteiger partial charge in [-0.05, 0) is 48.5 Å². The summed E-state index contributed by atoms with van der Waals surface area (Å²) in [5.41, 5.74) is 5.70. The monoisotopic (exact) mass is 472 g/mol. The van der Waals surface area contributed by atoms with Crippen molar-refractivity contribution in [3.63, 3.8) is 0 Å². The van der Waals surface area contributed by atoms with Crippen molar-refractivity contribution < 1.29 is 32.2 Å². The molecule has 1 aliphatic heterocycles. The van der Waals surface area contributed by atoms with Gasteiger partial charge in [-0.25, -0.2) is 4.98 Å². The number of methoxy groups -OCH3 is 1.